The lowest BCUT2D eigenvalue weighted by atomic mass is 10.3. The molecule has 0 bridgehead atoms. The third-order valence-corrected chi connectivity index (χ3v) is 6.29. The van der Waals surface area contributed by atoms with Gasteiger partial charge in [-0.2, -0.15) is 12.8 Å². The standard InChI is InChI=1S/C20H18N2O6S3/c1-15(21-30-28-27-25-17-9-5-3-6-10-17)19-13-14-20(29-19)16(2)22-31(23,24)26-18-11-7-4-8-12-18/h3-14H,1-2H3/b21-15+,22-16-. The average Bonchev–Trinajstić information content (AvgIpc) is 3.25. The van der Waals surface area contributed by atoms with Crippen LogP contribution < -0.4 is 9.07 Å². The van der Waals surface area contributed by atoms with Crippen LogP contribution in [0.2, 0.25) is 0 Å². The Morgan fingerprint density at radius 1 is 0.839 bits per heavy atom. The lowest BCUT2D eigenvalue weighted by Gasteiger charge is -2.03. The predicted octanol–water partition coefficient (Wildman–Crippen LogP) is 5.20. The van der Waals surface area contributed by atoms with Crippen molar-refractivity contribution >= 4 is 45.3 Å². The van der Waals surface area contributed by atoms with Gasteiger partial charge in [0.15, 0.2) is 18.0 Å². The minimum Gasteiger partial charge on any atom is -0.366 e. The Balaban J connectivity index is 1.55. The summed E-state index contributed by atoms with van der Waals surface area (Å²) in [5.41, 5.74) is 0.962. The molecular weight excluding hydrogens is 460 g/mol. The summed E-state index contributed by atoms with van der Waals surface area (Å²) in [6, 6.07) is 20.6. The quantitative estimate of drug-likeness (QED) is 0.0987. The number of thiophene rings is 1. The van der Waals surface area contributed by atoms with Crippen LogP contribution in [0.3, 0.4) is 0 Å². The molecule has 1 heterocycles. The van der Waals surface area contributed by atoms with Gasteiger partial charge in [-0.05, 0) is 50.2 Å². The van der Waals surface area contributed by atoms with Crippen LogP contribution in [-0.4, -0.2) is 19.8 Å². The van der Waals surface area contributed by atoms with Crippen molar-refractivity contribution in [1.82, 2.24) is 0 Å². The van der Waals surface area contributed by atoms with Crippen LogP contribution in [0.5, 0.6) is 11.5 Å². The summed E-state index contributed by atoms with van der Waals surface area (Å²) in [6.45, 7) is 3.38. The molecule has 8 nitrogen and oxygen atoms in total. The normalized spacial score (nSPS) is 12.6. The first-order valence-electron chi connectivity index (χ1n) is 8.86. The van der Waals surface area contributed by atoms with Crippen molar-refractivity contribution in [1.29, 1.82) is 0 Å². The molecule has 0 radical (unpaired) electrons. The molecule has 31 heavy (non-hydrogen) atoms. The summed E-state index contributed by atoms with van der Waals surface area (Å²) in [5.74, 6) is 0.692. The molecule has 0 saturated carbocycles. The van der Waals surface area contributed by atoms with E-state index in [0.717, 1.165) is 4.88 Å². The lowest BCUT2D eigenvalue weighted by molar-refractivity contribution is -0.403. The topological polar surface area (TPSA) is 95.8 Å². The summed E-state index contributed by atoms with van der Waals surface area (Å²) in [6.07, 6.45) is 0. The van der Waals surface area contributed by atoms with Gasteiger partial charge in [0, 0.05) is 14.8 Å². The maximum atomic E-state index is 12.2. The summed E-state index contributed by atoms with van der Waals surface area (Å²) in [7, 11) is -4.13. The molecule has 0 fully saturated rings. The molecule has 0 aliphatic heterocycles. The van der Waals surface area contributed by atoms with E-state index in [4.69, 9.17) is 13.4 Å². The van der Waals surface area contributed by atoms with Crippen LogP contribution in [0.1, 0.15) is 23.6 Å². The molecule has 3 rings (SSSR count). The van der Waals surface area contributed by atoms with Gasteiger partial charge in [0.05, 0.1) is 11.4 Å². The van der Waals surface area contributed by atoms with Crippen LogP contribution in [-0.2, 0) is 19.7 Å². The molecule has 0 saturated heterocycles. The van der Waals surface area contributed by atoms with Gasteiger partial charge in [-0.1, -0.05) is 40.7 Å². The van der Waals surface area contributed by atoms with E-state index in [2.05, 4.69) is 13.8 Å². The molecule has 0 atom stereocenters. The Bertz CT molecular complexity index is 1150. The fraction of sp³-hybridized carbons (Fsp3) is 0.100. The molecule has 2 aromatic carbocycles. The molecule has 11 heteroatoms. The maximum absolute atomic E-state index is 12.2. The van der Waals surface area contributed by atoms with Crippen molar-refractivity contribution in [2.45, 2.75) is 13.8 Å². The fourth-order valence-electron chi connectivity index (χ4n) is 2.21. The Morgan fingerprint density at radius 2 is 1.42 bits per heavy atom. The second kappa shape index (κ2) is 11.1. The molecule has 0 amide bonds. The first-order chi connectivity index (χ1) is 14.9. The van der Waals surface area contributed by atoms with Crippen LogP contribution in [0.25, 0.3) is 0 Å². The number of hydrogen-bond acceptors (Lipinski definition) is 9. The molecule has 3 aromatic rings. The van der Waals surface area contributed by atoms with E-state index in [1.165, 1.54) is 11.3 Å². The Morgan fingerprint density at radius 3 is 2.06 bits per heavy atom. The highest BCUT2D eigenvalue weighted by Gasteiger charge is 2.14. The third-order valence-electron chi connectivity index (χ3n) is 3.62. The number of para-hydroxylation sites is 2. The van der Waals surface area contributed by atoms with Crippen molar-refractivity contribution < 1.29 is 26.9 Å². The van der Waals surface area contributed by atoms with Crippen molar-refractivity contribution in [2.75, 3.05) is 0 Å². The first-order valence-corrected chi connectivity index (χ1v) is 11.7. The van der Waals surface area contributed by atoms with Gasteiger partial charge in [-0.3, -0.25) is 0 Å². The van der Waals surface area contributed by atoms with Crippen molar-refractivity contribution in [2.24, 2.45) is 8.80 Å². The Kier molecular flexibility index (Phi) is 8.20. The average molecular weight is 479 g/mol. The molecule has 1 aromatic heterocycles. The van der Waals surface area contributed by atoms with Crippen molar-refractivity contribution in [3.05, 3.63) is 82.6 Å². The smallest absolute Gasteiger partial charge is 0.366 e. The molecule has 0 aliphatic carbocycles. The Labute approximate surface area is 188 Å². The van der Waals surface area contributed by atoms with E-state index >= 15 is 0 Å². The SMILES string of the molecule is C/C(=N/S(=O)(=O)Oc1ccccc1)c1ccc(/C(C)=N/SOOOc2ccccc2)s1. The van der Waals surface area contributed by atoms with E-state index in [9.17, 15) is 8.42 Å². The summed E-state index contributed by atoms with van der Waals surface area (Å²) in [4.78, 5) is 6.40. The molecule has 162 valence electrons. The minimum atomic E-state index is -4.13. The zero-order valence-electron chi connectivity index (χ0n) is 16.5. The second-order valence-corrected chi connectivity index (χ2v) is 8.70. The van der Waals surface area contributed by atoms with E-state index in [-0.39, 0.29) is 5.75 Å². The number of hydrogen-bond donors (Lipinski definition) is 0. The van der Waals surface area contributed by atoms with E-state index in [1.54, 1.807) is 74.5 Å². The van der Waals surface area contributed by atoms with E-state index < -0.39 is 10.3 Å². The zero-order chi connectivity index (χ0) is 22.1. The number of benzene rings is 2. The zero-order valence-corrected chi connectivity index (χ0v) is 18.9. The third kappa shape index (κ3) is 7.49. The minimum absolute atomic E-state index is 0.199. The van der Waals surface area contributed by atoms with E-state index in [1.807, 2.05) is 12.1 Å². The molecule has 0 unspecified atom stereocenters. The predicted molar refractivity (Wildman–Crippen MR) is 122 cm³/mol. The monoisotopic (exact) mass is 478 g/mol. The lowest BCUT2D eigenvalue weighted by Crippen LogP contribution is -2.08. The highest BCUT2D eigenvalue weighted by Crippen LogP contribution is 2.21. The summed E-state index contributed by atoms with van der Waals surface area (Å²) < 4.78 is 42.0. The van der Waals surface area contributed by atoms with Gasteiger partial charge >= 0.3 is 10.3 Å². The fourth-order valence-corrected chi connectivity index (χ4v) is 4.34. The Hall–Kier alpha value is -2.70. The number of rotatable bonds is 10. The van der Waals surface area contributed by atoms with Crippen molar-refractivity contribution in [3.63, 3.8) is 0 Å². The van der Waals surface area contributed by atoms with Gasteiger partial charge in [-0.25, -0.2) is 0 Å². The van der Waals surface area contributed by atoms with Gasteiger partial charge in [0.25, 0.3) is 0 Å². The van der Waals surface area contributed by atoms with Gasteiger partial charge in [0.1, 0.15) is 5.75 Å². The van der Waals surface area contributed by atoms with Crippen molar-refractivity contribution in [3.8, 4) is 11.5 Å². The molecule has 0 aliphatic rings. The maximum Gasteiger partial charge on any atom is 0.428 e. The van der Waals surface area contributed by atoms with Gasteiger partial charge in [-0.15, -0.1) is 15.7 Å². The number of nitrogens with zero attached hydrogens (tertiary/aromatic N) is 2. The van der Waals surface area contributed by atoms with Crippen LogP contribution >= 0.6 is 23.6 Å². The molecule has 0 N–H and O–H groups in total. The molecule has 0 spiro atoms. The highest BCUT2D eigenvalue weighted by atomic mass is 32.2. The van der Waals surface area contributed by atoms with Crippen LogP contribution in [0, 0.1) is 0 Å². The summed E-state index contributed by atoms with van der Waals surface area (Å²) >= 11 is 2.04. The molecular formula is C20H18N2O6S3. The van der Waals surface area contributed by atoms with Gasteiger partial charge in [0.2, 0.25) is 0 Å². The largest absolute Gasteiger partial charge is 0.428 e. The first kappa shape index (κ1) is 23.0. The highest BCUT2D eigenvalue weighted by molar-refractivity contribution is 7.93. The van der Waals surface area contributed by atoms with Gasteiger partial charge < -0.3 is 9.07 Å². The summed E-state index contributed by atoms with van der Waals surface area (Å²) in [5, 5.41) is 4.61. The van der Waals surface area contributed by atoms with Crippen LogP contribution in [0.15, 0.2) is 81.6 Å². The second-order valence-electron chi connectivity index (χ2n) is 5.95. The van der Waals surface area contributed by atoms with E-state index in [0.29, 0.717) is 34.3 Å². The van der Waals surface area contributed by atoms with Crippen LogP contribution in [0.4, 0.5) is 0 Å².